The third kappa shape index (κ3) is 3.94. The van der Waals surface area contributed by atoms with Gasteiger partial charge in [-0.3, -0.25) is 9.69 Å². The molecule has 0 amide bonds. The van der Waals surface area contributed by atoms with Crippen molar-refractivity contribution in [2.45, 2.75) is 83.3 Å². The van der Waals surface area contributed by atoms with E-state index in [1.807, 2.05) is 0 Å². The monoisotopic (exact) mass is 336 g/mol. The second-order valence-corrected chi connectivity index (χ2v) is 8.32. The molecule has 2 fully saturated rings. The number of thiazole rings is 1. The van der Waals surface area contributed by atoms with E-state index in [4.69, 9.17) is 4.98 Å². The van der Waals surface area contributed by atoms with Crippen LogP contribution < -0.4 is 0 Å². The standard InChI is InChI=1S/C18H28N2O2S/c1-12-8-15(18(21)22)9-13(2)20(12)10-17-19-16(11-23-17)14-6-4-3-5-7-14/h11-15H,3-10H2,1-2H3,(H,21,22). The minimum Gasteiger partial charge on any atom is -0.481 e. The largest absolute Gasteiger partial charge is 0.481 e. The molecule has 1 saturated carbocycles. The van der Waals surface area contributed by atoms with E-state index in [1.54, 1.807) is 11.3 Å². The van der Waals surface area contributed by atoms with E-state index >= 15 is 0 Å². The summed E-state index contributed by atoms with van der Waals surface area (Å²) in [5.74, 6) is -0.163. The lowest BCUT2D eigenvalue weighted by molar-refractivity contribution is -0.145. The van der Waals surface area contributed by atoms with E-state index in [1.165, 1.54) is 42.8 Å². The average Bonchev–Trinajstić information content (AvgIpc) is 3.00. The van der Waals surface area contributed by atoms with Crippen LogP contribution in [0.3, 0.4) is 0 Å². The number of piperidine rings is 1. The molecule has 2 unspecified atom stereocenters. The van der Waals surface area contributed by atoms with E-state index in [9.17, 15) is 9.90 Å². The van der Waals surface area contributed by atoms with Gasteiger partial charge in [-0.15, -0.1) is 11.3 Å². The summed E-state index contributed by atoms with van der Waals surface area (Å²) in [6, 6.07) is 0.615. The first-order valence-corrected chi connectivity index (χ1v) is 9.85. The Morgan fingerprint density at radius 2 is 1.91 bits per heavy atom. The number of aromatic nitrogens is 1. The van der Waals surface area contributed by atoms with Gasteiger partial charge < -0.3 is 5.11 Å². The summed E-state index contributed by atoms with van der Waals surface area (Å²) >= 11 is 1.78. The number of hydrogen-bond acceptors (Lipinski definition) is 4. The fourth-order valence-corrected chi connectivity index (χ4v) is 5.16. The molecule has 2 aliphatic rings. The highest BCUT2D eigenvalue weighted by Crippen LogP contribution is 2.34. The molecule has 1 aromatic heterocycles. The Hall–Kier alpha value is -0.940. The van der Waals surface area contributed by atoms with Gasteiger partial charge in [0.1, 0.15) is 5.01 Å². The molecule has 2 heterocycles. The van der Waals surface area contributed by atoms with E-state index in [2.05, 4.69) is 24.1 Å². The van der Waals surface area contributed by atoms with Crippen LogP contribution in [0, 0.1) is 5.92 Å². The molecule has 1 saturated heterocycles. The van der Waals surface area contributed by atoms with Crippen molar-refractivity contribution in [3.8, 4) is 0 Å². The number of nitrogens with zero attached hydrogens (tertiary/aromatic N) is 2. The molecule has 2 atom stereocenters. The molecule has 0 bridgehead atoms. The van der Waals surface area contributed by atoms with Gasteiger partial charge in [-0.25, -0.2) is 4.98 Å². The summed E-state index contributed by atoms with van der Waals surface area (Å²) in [4.78, 5) is 18.6. The van der Waals surface area contributed by atoms with Gasteiger partial charge in [0.25, 0.3) is 0 Å². The zero-order valence-electron chi connectivity index (χ0n) is 14.2. The van der Waals surface area contributed by atoms with Crippen LogP contribution in [0.25, 0.3) is 0 Å². The van der Waals surface area contributed by atoms with Gasteiger partial charge in [0, 0.05) is 23.4 Å². The maximum atomic E-state index is 11.3. The Morgan fingerprint density at radius 3 is 2.52 bits per heavy atom. The van der Waals surface area contributed by atoms with Crippen molar-refractivity contribution in [1.29, 1.82) is 0 Å². The fourth-order valence-electron chi connectivity index (χ4n) is 4.28. The summed E-state index contributed by atoms with van der Waals surface area (Å²) in [5.41, 5.74) is 1.30. The number of carboxylic acid groups (broad SMARTS) is 1. The lowest BCUT2D eigenvalue weighted by atomic mass is 9.87. The van der Waals surface area contributed by atoms with E-state index in [-0.39, 0.29) is 5.92 Å². The van der Waals surface area contributed by atoms with Crippen molar-refractivity contribution < 1.29 is 9.90 Å². The van der Waals surface area contributed by atoms with Crippen molar-refractivity contribution in [2.75, 3.05) is 0 Å². The third-order valence-corrected chi connectivity index (χ3v) is 6.50. The summed E-state index contributed by atoms with van der Waals surface area (Å²) in [5, 5.41) is 12.7. The molecule has 1 aliphatic heterocycles. The third-order valence-electron chi connectivity index (χ3n) is 5.64. The molecule has 5 heteroatoms. The van der Waals surface area contributed by atoms with Gasteiger partial charge in [0.2, 0.25) is 0 Å². The Morgan fingerprint density at radius 1 is 1.26 bits per heavy atom. The lowest BCUT2D eigenvalue weighted by Gasteiger charge is -2.41. The molecule has 0 aromatic carbocycles. The number of aliphatic carboxylic acids is 1. The number of carbonyl (C=O) groups is 1. The minimum absolute atomic E-state index is 0.189. The quantitative estimate of drug-likeness (QED) is 0.892. The summed E-state index contributed by atoms with van der Waals surface area (Å²) in [7, 11) is 0. The first-order chi connectivity index (χ1) is 11.0. The number of hydrogen-bond donors (Lipinski definition) is 1. The normalized spacial score (nSPS) is 30.4. The van der Waals surface area contributed by atoms with E-state index in [0.29, 0.717) is 18.0 Å². The molecule has 1 N–H and O–H groups in total. The van der Waals surface area contributed by atoms with Crippen LogP contribution in [0.5, 0.6) is 0 Å². The van der Waals surface area contributed by atoms with Crippen molar-refractivity contribution in [3.63, 3.8) is 0 Å². The first-order valence-electron chi connectivity index (χ1n) is 8.97. The van der Waals surface area contributed by atoms with Crippen LogP contribution in [0.4, 0.5) is 0 Å². The van der Waals surface area contributed by atoms with Crippen LogP contribution in [0.1, 0.15) is 75.4 Å². The highest BCUT2D eigenvalue weighted by molar-refractivity contribution is 7.09. The first kappa shape index (κ1) is 16.9. The second kappa shape index (κ2) is 7.31. The van der Waals surface area contributed by atoms with Gasteiger partial charge in [0.05, 0.1) is 18.2 Å². The van der Waals surface area contributed by atoms with Crippen LogP contribution in [0.2, 0.25) is 0 Å². The molecule has 4 nitrogen and oxygen atoms in total. The zero-order valence-corrected chi connectivity index (χ0v) is 15.0. The van der Waals surface area contributed by atoms with Gasteiger partial charge in [-0.1, -0.05) is 19.3 Å². The molecule has 23 heavy (non-hydrogen) atoms. The molecule has 128 valence electrons. The molecule has 0 radical (unpaired) electrons. The predicted octanol–water partition coefficient (Wildman–Crippen LogP) is 4.26. The van der Waals surface area contributed by atoms with Crippen LogP contribution in [0.15, 0.2) is 5.38 Å². The van der Waals surface area contributed by atoms with Crippen molar-refractivity contribution in [3.05, 3.63) is 16.1 Å². The van der Waals surface area contributed by atoms with Gasteiger partial charge in [-0.05, 0) is 39.5 Å². The Labute approximate surface area is 142 Å². The van der Waals surface area contributed by atoms with E-state index in [0.717, 1.165) is 19.4 Å². The fraction of sp³-hybridized carbons (Fsp3) is 0.778. The van der Waals surface area contributed by atoms with Crippen molar-refractivity contribution >= 4 is 17.3 Å². The predicted molar refractivity (Wildman–Crippen MR) is 92.8 cm³/mol. The van der Waals surface area contributed by atoms with Crippen LogP contribution >= 0.6 is 11.3 Å². The minimum atomic E-state index is -0.641. The SMILES string of the molecule is CC1CC(C(=O)O)CC(C)N1Cc1nc(C2CCCCC2)cs1. The summed E-state index contributed by atoms with van der Waals surface area (Å²) < 4.78 is 0. The Bertz CT molecular complexity index is 527. The molecule has 3 rings (SSSR count). The topological polar surface area (TPSA) is 53.4 Å². The smallest absolute Gasteiger partial charge is 0.306 e. The highest BCUT2D eigenvalue weighted by Gasteiger charge is 2.34. The zero-order chi connectivity index (χ0) is 16.4. The maximum absolute atomic E-state index is 11.3. The molecular weight excluding hydrogens is 308 g/mol. The van der Waals surface area contributed by atoms with Crippen molar-refractivity contribution in [1.82, 2.24) is 9.88 Å². The van der Waals surface area contributed by atoms with Gasteiger partial charge in [-0.2, -0.15) is 0 Å². The average molecular weight is 337 g/mol. The van der Waals surface area contributed by atoms with Gasteiger partial charge >= 0.3 is 5.97 Å². The Balaban J connectivity index is 1.62. The highest BCUT2D eigenvalue weighted by atomic mass is 32.1. The number of carboxylic acids is 1. The summed E-state index contributed by atoms with van der Waals surface area (Å²) in [6.45, 7) is 5.18. The maximum Gasteiger partial charge on any atom is 0.306 e. The number of likely N-dealkylation sites (tertiary alicyclic amines) is 1. The molecule has 1 aliphatic carbocycles. The summed E-state index contributed by atoms with van der Waals surface area (Å²) in [6.07, 6.45) is 8.14. The molecule has 0 spiro atoms. The number of rotatable bonds is 4. The van der Waals surface area contributed by atoms with Crippen LogP contribution in [-0.2, 0) is 11.3 Å². The van der Waals surface area contributed by atoms with Crippen molar-refractivity contribution in [2.24, 2.45) is 5.92 Å². The van der Waals surface area contributed by atoms with Gasteiger partial charge in [0.15, 0.2) is 0 Å². The lowest BCUT2D eigenvalue weighted by Crippen LogP contribution is -2.47. The molecular formula is C18H28N2O2S. The Kier molecular flexibility index (Phi) is 5.37. The second-order valence-electron chi connectivity index (χ2n) is 7.38. The van der Waals surface area contributed by atoms with Crippen LogP contribution in [-0.4, -0.2) is 33.0 Å². The molecule has 1 aromatic rings. The van der Waals surface area contributed by atoms with E-state index < -0.39 is 5.97 Å².